The molecular weight excluding hydrogens is 296 g/mol. The van der Waals surface area contributed by atoms with E-state index >= 15 is 0 Å². The summed E-state index contributed by atoms with van der Waals surface area (Å²) < 4.78 is 0. The SMILES string of the molecule is O=C(NCCc1nc(-c2ccccn2)cs1)C1CCNCC1. The van der Waals surface area contributed by atoms with Gasteiger partial charge in [0.05, 0.1) is 16.4 Å². The van der Waals surface area contributed by atoms with E-state index in [-0.39, 0.29) is 11.8 Å². The number of nitrogens with zero attached hydrogens (tertiary/aromatic N) is 2. The molecule has 0 atom stereocenters. The second kappa shape index (κ2) is 7.47. The monoisotopic (exact) mass is 316 g/mol. The van der Waals surface area contributed by atoms with Crippen molar-refractivity contribution in [1.29, 1.82) is 0 Å². The second-order valence-electron chi connectivity index (χ2n) is 5.41. The number of amides is 1. The van der Waals surface area contributed by atoms with Crippen LogP contribution in [-0.2, 0) is 11.2 Å². The molecule has 0 bridgehead atoms. The van der Waals surface area contributed by atoms with Crippen LogP contribution in [0.2, 0.25) is 0 Å². The van der Waals surface area contributed by atoms with E-state index in [1.54, 1.807) is 17.5 Å². The molecule has 116 valence electrons. The highest BCUT2D eigenvalue weighted by atomic mass is 32.1. The van der Waals surface area contributed by atoms with Crippen molar-refractivity contribution in [3.63, 3.8) is 0 Å². The third kappa shape index (κ3) is 3.90. The van der Waals surface area contributed by atoms with Crippen molar-refractivity contribution in [2.75, 3.05) is 19.6 Å². The summed E-state index contributed by atoms with van der Waals surface area (Å²) in [5, 5.41) is 9.36. The van der Waals surface area contributed by atoms with Crippen LogP contribution in [0.25, 0.3) is 11.4 Å². The Kier molecular flexibility index (Phi) is 5.13. The number of pyridine rings is 1. The fraction of sp³-hybridized carbons (Fsp3) is 0.438. The number of thiazole rings is 1. The van der Waals surface area contributed by atoms with Crippen molar-refractivity contribution in [3.8, 4) is 11.4 Å². The molecule has 22 heavy (non-hydrogen) atoms. The number of hydrogen-bond acceptors (Lipinski definition) is 5. The average molecular weight is 316 g/mol. The van der Waals surface area contributed by atoms with Crippen LogP contribution in [-0.4, -0.2) is 35.5 Å². The van der Waals surface area contributed by atoms with E-state index in [4.69, 9.17) is 0 Å². The summed E-state index contributed by atoms with van der Waals surface area (Å²) in [5.74, 6) is 0.352. The van der Waals surface area contributed by atoms with Gasteiger partial charge in [-0.15, -0.1) is 11.3 Å². The van der Waals surface area contributed by atoms with Gasteiger partial charge in [0, 0.05) is 30.5 Å². The van der Waals surface area contributed by atoms with Gasteiger partial charge in [0.2, 0.25) is 5.91 Å². The first kappa shape index (κ1) is 15.1. The lowest BCUT2D eigenvalue weighted by atomic mass is 9.97. The lowest BCUT2D eigenvalue weighted by Gasteiger charge is -2.21. The van der Waals surface area contributed by atoms with Gasteiger partial charge >= 0.3 is 0 Å². The Morgan fingerprint density at radius 2 is 2.18 bits per heavy atom. The molecule has 0 radical (unpaired) electrons. The van der Waals surface area contributed by atoms with Gasteiger partial charge < -0.3 is 10.6 Å². The van der Waals surface area contributed by atoms with Crippen LogP contribution < -0.4 is 10.6 Å². The molecule has 2 N–H and O–H groups in total. The summed E-state index contributed by atoms with van der Waals surface area (Å²) in [5.41, 5.74) is 1.80. The maximum Gasteiger partial charge on any atom is 0.223 e. The Morgan fingerprint density at radius 1 is 1.32 bits per heavy atom. The van der Waals surface area contributed by atoms with Crippen LogP contribution in [0.5, 0.6) is 0 Å². The molecule has 0 aliphatic carbocycles. The molecule has 0 spiro atoms. The fourth-order valence-electron chi connectivity index (χ4n) is 2.58. The maximum atomic E-state index is 12.0. The van der Waals surface area contributed by atoms with Gasteiger partial charge in [0.25, 0.3) is 0 Å². The highest BCUT2D eigenvalue weighted by Crippen LogP contribution is 2.19. The Labute approximate surface area is 134 Å². The fourth-order valence-corrected chi connectivity index (χ4v) is 3.37. The summed E-state index contributed by atoms with van der Waals surface area (Å²) in [4.78, 5) is 20.9. The number of nitrogens with one attached hydrogen (secondary N) is 2. The highest BCUT2D eigenvalue weighted by Gasteiger charge is 2.20. The van der Waals surface area contributed by atoms with E-state index in [1.807, 2.05) is 23.6 Å². The molecule has 0 aromatic carbocycles. The van der Waals surface area contributed by atoms with Gasteiger partial charge in [-0.2, -0.15) is 0 Å². The molecule has 5 nitrogen and oxygen atoms in total. The topological polar surface area (TPSA) is 66.9 Å². The van der Waals surface area contributed by atoms with Crippen molar-refractivity contribution in [2.45, 2.75) is 19.3 Å². The number of carbonyl (C=O) groups is 1. The van der Waals surface area contributed by atoms with Crippen LogP contribution in [0.3, 0.4) is 0 Å². The van der Waals surface area contributed by atoms with Crippen LogP contribution in [0.4, 0.5) is 0 Å². The molecule has 2 aromatic rings. The van der Waals surface area contributed by atoms with Gasteiger partial charge in [-0.3, -0.25) is 9.78 Å². The zero-order valence-corrected chi connectivity index (χ0v) is 13.2. The lowest BCUT2D eigenvalue weighted by molar-refractivity contribution is -0.125. The minimum absolute atomic E-state index is 0.168. The average Bonchev–Trinajstić information content (AvgIpc) is 3.05. The Bertz CT molecular complexity index is 608. The normalized spacial score (nSPS) is 15.6. The molecule has 0 saturated carbocycles. The van der Waals surface area contributed by atoms with E-state index < -0.39 is 0 Å². The first-order valence-electron chi connectivity index (χ1n) is 7.67. The van der Waals surface area contributed by atoms with Gasteiger partial charge in [-0.25, -0.2) is 4.98 Å². The third-order valence-electron chi connectivity index (χ3n) is 3.83. The van der Waals surface area contributed by atoms with Crippen molar-refractivity contribution in [2.24, 2.45) is 5.92 Å². The summed E-state index contributed by atoms with van der Waals surface area (Å²) >= 11 is 1.62. The smallest absolute Gasteiger partial charge is 0.223 e. The Morgan fingerprint density at radius 3 is 2.95 bits per heavy atom. The standard InChI is InChI=1S/C16H20N4OS/c21-16(12-4-8-17-9-5-12)19-10-6-15-20-14(11-22-15)13-3-1-2-7-18-13/h1-3,7,11-12,17H,4-6,8-10H2,(H,19,21). The van der Waals surface area contributed by atoms with Gasteiger partial charge in [-0.1, -0.05) is 6.07 Å². The summed E-state index contributed by atoms with van der Waals surface area (Å²) in [6.07, 6.45) is 4.42. The van der Waals surface area contributed by atoms with Gasteiger partial charge in [-0.05, 0) is 38.1 Å². The molecule has 1 amide bonds. The zero-order valence-electron chi connectivity index (χ0n) is 12.4. The zero-order chi connectivity index (χ0) is 15.2. The summed E-state index contributed by atoms with van der Waals surface area (Å²) in [6, 6.07) is 5.81. The van der Waals surface area contributed by atoms with Crippen molar-refractivity contribution >= 4 is 17.2 Å². The Hall–Kier alpha value is -1.79. The molecule has 0 unspecified atom stereocenters. The van der Waals surface area contributed by atoms with Crippen LogP contribution in [0.1, 0.15) is 17.8 Å². The van der Waals surface area contributed by atoms with Crippen LogP contribution in [0.15, 0.2) is 29.8 Å². The van der Waals surface area contributed by atoms with Gasteiger partial charge in [0.15, 0.2) is 0 Å². The van der Waals surface area contributed by atoms with E-state index in [1.165, 1.54) is 0 Å². The first-order valence-corrected chi connectivity index (χ1v) is 8.55. The third-order valence-corrected chi connectivity index (χ3v) is 4.74. The molecule has 1 fully saturated rings. The van der Waals surface area contributed by atoms with Crippen LogP contribution >= 0.6 is 11.3 Å². The van der Waals surface area contributed by atoms with Crippen LogP contribution in [0, 0.1) is 5.92 Å². The highest BCUT2D eigenvalue weighted by molar-refractivity contribution is 7.09. The summed E-state index contributed by atoms with van der Waals surface area (Å²) in [6.45, 7) is 2.54. The van der Waals surface area contributed by atoms with Crippen molar-refractivity contribution in [3.05, 3.63) is 34.8 Å². The van der Waals surface area contributed by atoms with Gasteiger partial charge in [0.1, 0.15) is 0 Å². The molecule has 6 heteroatoms. The second-order valence-corrected chi connectivity index (χ2v) is 6.35. The van der Waals surface area contributed by atoms with Crippen molar-refractivity contribution < 1.29 is 4.79 Å². The quantitative estimate of drug-likeness (QED) is 0.883. The predicted octanol–water partition coefficient (Wildman–Crippen LogP) is 1.86. The molecule has 3 heterocycles. The molecule has 3 rings (SSSR count). The number of piperidine rings is 1. The van der Waals surface area contributed by atoms with E-state index in [9.17, 15) is 4.79 Å². The molecular formula is C16H20N4OS. The number of hydrogen-bond donors (Lipinski definition) is 2. The Balaban J connectivity index is 1.48. The van der Waals surface area contributed by atoms with E-state index in [0.29, 0.717) is 6.54 Å². The predicted molar refractivity (Wildman–Crippen MR) is 87.7 cm³/mol. The largest absolute Gasteiger partial charge is 0.355 e. The van der Waals surface area contributed by atoms with E-state index in [2.05, 4.69) is 20.6 Å². The molecule has 1 saturated heterocycles. The summed E-state index contributed by atoms with van der Waals surface area (Å²) in [7, 11) is 0. The van der Waals surface area contributed by atoms with E-state index in [0.717, 1.165) is 48.7 Å². The maximum absolute atomic E-state index is 12.0. The minimum Gasteiger partial charge on any atom is -0.355 e. The van der Waals surface area contributed by atoms with Crippen molar-refractivity contribution in [1.82, 2.24) is 20.6 Å². The molecule has 1 aliphatic heterocycles. The lowest BCUT2D eigenvalue weighted by Crippen LogP contribution is -2.38. The molecule has 1 aliphatic rings. The first-order chi connectivity index (χ1) is 10.8. The number of carbonyl (C=O) groups excluding carboxylic acids is 1. The molecule has 2 aromatic heterocycles. The number of rotatable bonds is 5. The number of aromatic nitrogens is 2. The minimum atomic E-state index is 0.168.